The van der Waals surface area contributed by atoms with Gasteiger partial charge >= 0.3 is 5.97 Å². The number of carbonyl (C=O) groups is 2. The van der Waals surface area contributed by atoms with Gasteiger partial charge in [-0.2, -0.15) is 0 Å². The molecule has 0 heterocycles. The molecule has 1 aliphatic rings. The molecule has 0 aromatic rings. The topological polar surface area (TPSA) is 57.6 Å². The molecule has 14 heavy (non-hydrogen) atoms. The molecule has 1 fully saturated rings. The Morgan fingerprint density at radius 2 is 2.00 bits per heavy atom. The van der Waals surface area contributed by atoms with Crippen molar-refractivity contribution in [1.29, 1.82) is 0 Å². The van der Waals surface area contributed by atoms with Crippen LogP contribution < -0.4 is 0 Å². The van der Waals surface area contributed by atoms with Crippen LogP contribution in [0.25, 0.3) is 0 Å². The number of carboxylic acids is 1. The lowest BCUT2D eigenvalue weighted by Gasteiger charge is -2.36. The summed E-state index contributed by atoms with van der Waals surface area (Å²) in [7, 11) is 0. The van der Waals surface area contributed by atoms with Crippen LogP contribution in [-0.4, -0.2) is 33.5 Å². The lowest BCUT2D eigenvalue weighted by molar-refractivity contribution is -0.158. The molecule has 1 N–H and O–H groups in total. The number of hydrogen-bond donors (Lipinski definition) is 1. The minimum atomic E-state index is -1.03. The normalized spacial score (nSPS) is 19.9. The molecule has 4 nitrogen and oxygen atoms in total. The van der Waals surface area contributed by atoms with Crippen molar-refractivity contribution in [2.75, 3.05) is 0 Å². The van der Waals surface area contributed by atoms with Gasteiger partial charge in [-0.15, -0.1) is 0 Å². The van der Waals surface area contributed by atoms with Crippen LogP contribution >= 0.6 is 0 Å². The first-order valence-electron chi connectivity index (χ1n) is 4.96. The molecule has 0 radical (unpaired) electrons. The van der Waals surface area contributed by atoms with Gasteiger partial charge in [-0.25, -0.2) is 4.79 Å². The monoisotopic (exact) mass is 199 g/mol. The molecule has 0 aromatic carbocycles. The lowest BCUT2D eigenvalue weighted by atomic mass is 9.96. The summed E-state index contributed by atoms with van der Waals surface area (Å²) in [5.41, 5.74) is -1.03. The van der Waals surface area contributed by atoms with E-state index in [1.54, 1.807) is 13.8 Å². The van der Waals surface area contributed by atoms with Crippen molar-refractivity contribution in [3.8, 4) is 0 Å². The Kier molecular flexibility index (Phi) is 2.83. The van der Waals surface area contributed by atoms with Gasteiger partial charge in [0.25, 0.3) is 0 Å². The second-order valence-electron chi connectivity index (χ2n) is 4.05. The fourth-order valence-electron chi connectivity index (χ4n) is 1.76. The SMILES string of the molecule is CCC(C)(C(=O)O)N(C(C)=O)C1CC1. The van der Waals surface area contributed by atoms with Crippen LogP contribution in [0.2, 0.25) is 0 Å². The standard InChI is InChI=1S/C10H17NO3/c1-4-10(3,9(13)14)11(7(2)12)8-5-6-8/h8H,4-6H2,1-3H3,(H,13,14). The van der Waals surface area contributed by atoms with Crippen LogP contribution in [-0.2, 0) is 9.59 Å². The summed E-state index contributed by atoms with van der Waals surface area (Å²) in [5, 5.41) is 9.13. The van der Waals surface area contributed by atoms with Crippen LogP contribution in [0.4, 0.5) is 0 Å². The summed E-state index contributed by atoms with van der Waals surface area (Å²) in [4.78, 5) is 24.1. The number of amides is 1. The smallest absolute Gasteiger partial charge is 0.329 e. The van der Waals surface area contributed by atoms with Crippen LogP contribution in [0.5, 0.6) is 0 Å². The van der Waals surface area contributed by atoms with E-state index < -0.39 is 11.5 Å². The third kappa shape index (κ3) is 1.74. The number of rotatable bonds is 4. The molecule has 4 heteroatoms. The molecule has 1 amide bonds. The minimum Gasteiger partial charge on any atom is -0.480 e. The fraction of sp³-hybridized carbons (Fsp3) is 0.800. The molecule has 0 spiro atoms. The number of aliphatic carboxylic acids is 1. The van der Waals surface area contributed by atoms with Crippen molar-refractivity contribution in [2.24, 2.45) is 0 Å². The maximum atomic E-state index is 11.4. The van der Waals surface area contributed by atoms with Gasteiger partial charge in [0.2, 0.25) is 5.91 Å². The Balaban J connectivity index is 2.93. The molecule has 80 valence electrons. The van der Waals surface area contributed by atoms with Crippen LogP contribution in [0.3, 0.4) is 0 Å². The van der Waals surface area contributed by atoms with Crippen LogP contribution in [0.1, 0.15) is 40.0 Å². The summed E-state index contributed by atoms with van der Waals surface area (Å²) in [6.07, 6.45) is 2.31. The van der Waals surface area contributed by atoms with Gasteiger partial charge in [-0.1, -0.05) is 6.92 Å². The first kappa shape index (κ1) is 11.0. The predicted molar refractivity (Wildman–Crippen MR) is 51.9 cm³/mol. The van der Waals surface area contributed by atoms with Gasteiger partial charge in [0, 0.05) is 13.0 Å². The molecule has 1 unspecified atom stereocenters. The van der Waals surface area contributed by atoms with Gasteiger partial charge in [-0.3, -0.25) is 4.79 Å². The van der Waals surface area contributed by atoms with Crippen LogP contribution in [0, 0.1) is 0 Å². The summed E-state index contributed by atoms with van der Waals surface area (Å²) < 4.78 is 0. The molecular formula is C10H17NO3. The van der Waals surface area contributed by atoms with Crippen molar-refractivity contribution in [1.82, 2.24) is 4.90 Å². The van der Waals surface area contributed by atoms with Crippen molar-refractivity contribution in [3.05, 3.63) is 0 Å². The average Bonchev–Trinajstić information content (AvgIpc) is 2.87. The van der Waals surface area contributed by atoms with Crippen LogP contribution in [0.15, 0.2) is 0 Å². The number of carbonyl (C=O) groups excluding carboxylic acids is 1. The van der Waals surface area contributed by atoms with E-state index in [2.05, 4.69) is 0 Å². The Bertz CT molecular complexity index is 260. The van der Waals surface area contributed by atoms with E-state index >= 15 is 0 Å². The highest BCUT2D eigenvalue weighted by atomic mass is 16.4. The van der Waals surface area contributed by atoms with Gasteiger partial charge < -0.3 is 10.0 Å². The summed E-state index contributed by atoms with van der Waals surface area (Å²) >= 11 is 0. The van der Waals surface area contributed by atoms with E-state index in [9.17, 15) is 9.59 Å². The quantitative estimate of drug-likeness (QED) is 0.741. The van der Waals surface area contributed by atoms with Gasteiger partial charge in [0.15, 0.2) is 0 Å². The molecule has 0 aromatic heterocycles. The first-order valence-corrected chi connectivity index (χ1v) is 4.96. The van der Waals surface area contributed by atoms with E-state index in [4.69, 9.17) is 5.11 Å². The van der Waals surface area contributed by atoms with E-state index in [1.165, 1.54) is 11.8 Å². The molecule has 1 atom stereocenters. The van der Waals surface area contributed by atoms with E-state index in [0.29, 0.717) is 6.42 Å². The van der Waals surface area contributed by atoms with E-state index in [-0.39, 0.29) is 11.9 Å². The Labute approximate surface area is 83.9 Å². The molecule has 0 bridgehead atoms. The molecule has 0 aliphatic heterocycles. The Morgan fingerprint density at radius 1 is 1.50 bits per heavy atom. The molecular weight excluding hydrogens is 182 g/mol. The van der Waals surface area contributed by atoms with Gasteiger partial charge in [-0.05, 0) is 26.2 Å². The van der Waals surface area contributed by atoms with Crippen molar-refractivity contribution >= 4 is 11.9 Å². The molecule has 1 aliphatic carbocycles. The number of carboxylic acid groups (broad SMARTS) is 1. The average molecular weight is 199 g/mol. The Morgan fingerprint density at radius 3 is 2.21 bits per heavy atom. The highest BCUT2D eigenvalue weighted by Crippen LogP contribution is 2.34. The zero-order valence-corrected chi connectivity index (χ0v) is 8.91. The molecule has 1 saturated carbocycles. The minimum absolute atomic E-state index is 0.140. The summed E-state index contributed by atoms with van der Waals surface area (Å²) in [6, 6.07) is 0.147. The van der Waals surface area contributed by atoms with Crippen molar-refractivity contribution in [2.45, 2.75) is 51.6 Å². The lowest BCUT2D eigenvalue weighted by Crippen LogP contribution is -2.55. The number of nitrogens with zero attached hydrogens (tertiary/aromatic N) is 1. The van der Waals surface area contributed by atoms with Crippen molar-refractivity contribution in [3.63, 3.8) is 0 Å². The molecule has 0 saturated heterocycles. The maximum absolute atomic E-state index is 11.4. The largest absolute Gasteiger partial charge is 0.480 e. The summed E-state index contributed by atoms with van der Waals surface area (Å²) in [5.74, 6) is -1.05. The fourth-order valence-corrected chi connectivity index (χ4v) is 1.76. The van der Waals surface area contributed by atoms with E-state index in [1.807, 2.05) is 0 Å². The first-order chi connectivity index (χ1) is 6.43. The molecule has 1 rings (SSSR count). The second kappa shape index (κ2) is 3.59. The highest BCUT2D eigenvalue weighted by Gasteiger charge is 2.46. The second-order valence-corrected chi connectivity index (χ2v) is 4.05. The van der Waals surface area contributed by atoms with E-state index in [0.717, 1.165) is 12.8 Å². The Hall–Kier alpha value is -1.06. The maximum Gasteiger partial charge on any atom is 0.329 e. The summed E-state index contributed by atoms with van der Waals surface area (Å²) in [6.45, 7) is 4.86. The zero-order chi connectivity index (χ0) is 10.9. The highest BCUT2D eigenvalue weighted by molar-refractivity contribution is 5.86. The number of hydrogen-bond acceptors (Lipinski definition) is 2. The van der Waals surface area contributed by atoms with Gasteiger partial charge in [0.05, 0.1) is 0 Å². The van der Waals surface area contributed by atoms with Crippen molar-refractivity contribution < 1.29 is 14.7 Å². The predicted octanol–water partition coefficient (Wildman–Crippen LogP) is 1.25. The third-order valence-corrected chi connectivity index (χ3v) is 2.93. The van der Waals surface area contributed by atoms with Gasteiger partial charge in [0.1, 0.15) is 5.54 Å². The third-order valence-electron chi connectivity index (χ3n) is 2.93. The zero-order valence-electron chi connectivity index (χ0n) is 8.91.